The van der Waals surface area contributed by atoms with Gasteiger partial charge < -0.3 is 10.6 Å². The maximum absolute atomic E-state index is 12.6. The minimum Gasteiger partial charge on any atom is -0.346 e. The summed E-state index contributed by atoms with van der Waals surface area (Å²) >= 11 is 1.42. The lowest BCUT2D eigenvalue weighted by Crippen LogP contribution is -2.23. The predicted molar refractivity (Wildman–Crippen MR) is 121 cm³/mol. The van der Waals surface area contributed by atoms with E-state index in [9.17, 15) is 9.59 Å². The molecule has 0 radical (unpaired) electrons. The van der Waals surface area contributed by atoms with Gasteiger partial charge in [-0.2, -0.15) is 4.37 Å². The Labute approximate surface area is 183 Å². The van der Waals surface area contributed by atoms with Gasteiger partial charge in [-0.1, -0.05) is 18.2 Å². The molecule has 2 amide bonds. The third-order valence-corrected chi connectivity index (χ3v) is 6.27. The summed E-state index contributed by atoms with van der Waals surface area (Å²) in [4.78, 5) is 29.2. The van der Waals surface area contributed by atoms with Crippen LogP contribution in [-0.2, 0) is 11.3 Å². The van der Waals surface area contributed by atoms with Gasteiger partial charge in [0.2, 0.25) is 5.91 Å². The highest BCUT2D eigenvalue weighted by molar-refractivity contribution is 7.13. The summed E-state index contributed by atoms with van der Waals surface area (Å²) in [6, 6.07) is 19.0. The Bertz CT molecular complexity index is 1240. The maximum Gasteiger partial charge on any atom is 0.251 e. The number of benzene rings is 2. The molecule has 0 spiro atoms. The third-order valence-electron chi connectivity index (χ3n) is 5.51. The fourth-order valence-electron chi connectivity index (χ4n) is 3.68. The Kier molecular flexibility index (Phi) is 5.18. The minimum atomic E-state index is -0.138. The maximum atomic E-state index is 12.6. The van der Waals surface area contributed by atoms with Gasteiger partial charge in [-0.25, -0.2) is 0 Å². The number of nitrogens with one attached hydrogen (secondary N) is 2. The van der Waals surface area contributed by atoms with E-state index >= 15 is 0 Å². The van der Waals surface area contributed by atoms with Crippen LogP contribution in [0.15, 0.2) is 73.1 Å². The molecule has 7 heteroatoms. The van der Waals surface area contributed by atoms with Gasteiger partial charge in [-0.15, -0.1) is 0 Å². The number of rotatable bonds is 6. The summed E-state index contributed by atoms with van der Waals surface area (Å²) in [6.07, 6.45) is 4.35. The molecular weight excluding hydrogens is 408 g/mol. The molecule has 0 saturated heterocycles. The smallest absolute Gasteiger partial charge is 0.251 e. The molecule has 4 aromatic rings. The molecule has 1 aliphatic rings. The fraction of sp³-hybridized carbons (Fsp3) is 0.167. The van der Waals surface area contributed by atoms with E-state index in [1.54, 1.807) is 6.20 Å². The van der Waals surface area contributed by atoms with Crippen LogP contribution >= 0.6 is 11.5 Å². The summed E-state index contributed by atoms with van der Waals surface area (Å²) in [6.45, 7) is 0.389. The minimum absolute atomic E-state index is 0.0334. The van der Waals surface area contributed by atoms with Gasteiger partial charge in [-0.3, -0.25) is 14.6 Å². The van der Waals surface area contributed by atoms with E-state index in [2.05, 4.69) is 20.0 Å². The molecule has 0 aliphatic heterocycles. The van der Waals surface area contributed by atoms with E-state index in [-0.39, 0.29) is 23.7 Å². The lowest BCUT2D eigenvalue weighted by atomic mass is 10.1. The van der Waals surface area contributed by atoms with Gasteiger partial charge in [-0.05, 0) is 71.9 Å². The molecule has 2 heterocycles. The first kappa shape index (κ1) is 19.4. The van der Waals surface area contributed by atoms with Crippen LogP contribution in [0.5, 0.6) is 0 Å². The second kappa shape index (κ2) is 8.28. The van der Waals surface area contributed by atoms with Crippen LogP contribution in [0.3, 0.4) is 0 Å². The van der Waals surface area contributed by atoms with Gasteiger partial charge in [0.25, 0.3) is 5.91 Å². The lowest BCUT2D eigenvalue weighted by molar-refractivity contribution is -0.117. The van der Waals surface area contributed by atoms with Crippen LogP contribution in [0.1, 0.15) is 34.0 Å². The molecule has 1 aliphatic carbocycles. The number of hydrogen-bond acceptors (Lipinski definition) is 5. The van der Waals surface area contributed by atoms with Gasteiger partial charge >= 0.3 is 0 Å². The number of nitrogens with zero attached hydrogens (tertiary/aromatic N) is 2. The summed E-state index contributed by atoms with van der Waals surface area (Å²) in [5.74, 6) is 0.0468. The van der Waals surface area contributed by atoms with Crippen molar-refractivity contribution in [1.29, 1.82) is 0 Å². The van der Waals surface area contributed by atoms with Crippen molar-refractivity contribution in [3.05, 3.63) is 89.9 Å². The van der Waals surface area contributed by atoms with E-state index < -0.39 is 0 Å². The quantitative estimate of drug-likeness (QED) is 0.478. The second-order valence-corrected chi connectivity index (χ2v) is 8.48. The fourth-order valence-corrected chi connectivity index (χ4v) is 4.37. The molecule has 0 bridgehead atoms. The Morgan fingerprint density at radius 3 is 2.74 bits per heavy atom. The normalized spacial score (nSPS) is 17.3. The van der Waals surface area contributed by atoms with Gasteiger partial charge in [0, 0.05) is 34.9 Å². The monoisotopic (exact) mass is 428 g/mol. The number of aromatic nitrogens is 2. The van der Waals surface area contributed by atoms with Crippen LogP contribution < -0.4 is 10.6 Å². The molecule has 1 saturated carbocycles. The lowest BCUT2D eigenvalue weighted by Gasteiger charge is -2.07. The van der Waals surface area contributed by atoms with Gasteiger partial charge in [0.05, 0.1) is 16.9 Å². The van der Waals surface area contributed by atoms with Crippen molar-refractivity contribution in [2.45, 2.75) is 18.9 Å². The average Bonchev–Trinajstić information content (AvgIpc) is 3.48. The Hall–Kier alpha value is -3.58. The highest BCUT2D eigenvalue weighted by Crippen LogP contribution is 2.48. The van der Waals surface area contributed by atoms with Crippen LogP contribution in [0, 0.1) is 5.92 Å². The molecule has 2 aromatic carbocycles. The zero-order chi connectivity index (χ0) is 21.2. The summed E-state index contributed by atoms with van der Waals surface area (Å²) < 4.78 is 5.22. The van der Waals surface area contributed by atoms with Crippen molar-refractivity contribution < 1.29 is 9.59 Å². The van der Waals surface area contributed by atoms with Crippen molar-refractivity contribution >= 4 is 39.1 Å². The zero-order valence-corrected chi connectivity index (χ0v) is 17.4. The number of fused-ring (bicyclic) bond motifs is 1. The number of carbonyl (C=O) groups is 2. The number of hydrogen-bond donors (Lipinski definition) is 2. The van der Waals surface area contributed by atoms with Crippen LogP contribution in [0.25, 0.3) is 10.1 Å². The molecule has 5 rings (SSSR count). The van der Waals surface area contributed by atoms with Crippen LogP contribution in [0.4, 0.5) is 5.69 Å². The highest BCUT2D eigenvalue weighted by atomic mass is 32.1. The van der Waals surface area contributed by atoms with E-state index in [0.717, 1.165) is 33.5 Å². The molecule has 2 N–H and O–H groups in total. The van der Waals surface area contributed by atoms with E-state index in [0.29, 0.717) is 12.1 Å². The number of anilines is 1. The molecule has 154 valence electrons. The van der Waals surface area contributed by atoms with Crippen molar-refractivity contribution in [2.75, 3.05) is 5.32 Å². The predicted octanol–water partition coefficient (Wildman–Crippen LogP) is 4.36. The van der Waals surface area contributed by atoms with E-state index in [1.807, 2.05) is 66.9 Å². The van der Waals surface area contributed by atoms with Crippen molar-refractivity contribution in [3.8, 4) is 0 Å². The van der Waals surface area contributed by atoms with Crippen molar-refractivity contribution in [2.24, 2.45) is 5.92 Å². The number of carbonyl (C=O) groups excluding carboxylic acids is 2. The standard InChI is InChI=1S/C24H20N4O2S/c29-23(26-14-19-3-1-2-10-25-19)16-6-4-15(5-7-16)20-12-21(20)24(30)28-18-9-8-17-13-27-31-22(17)11-18/h1-11,13,20-21H,12,14H2,(H,26,29)(H,28,30)/t20-,21+/m0/s1. The Balaban J connectivity index is 1.17. The van der Waals surface area contributed by atoms with E-state index in [1.165, 1.54) is 11.5 Å². The molecular formula is C24H20N4O2S. The van der Waals surface area contributed by atoms with Gasteiger partial charge in [0.1, 0.15) is 0 Å². The summed E-state index contributed by atoms with van der Waals surface area (Å²) in [5, 5.41) is 6.97. The summed E-state index contributed by atoms with van der Waals surface area (Å²) in [7, 11) is 0. The molecule has 2 atom stereocenters. The second-order valence-electron chi connectivity index (χ2n) is 7.64. The van der Waals surface area contributed by atoms with Gasteiger partial charge in [0.15, 0.2) is 0 Å². The van der Waals surface area contributed by atoms with Crippen LogP contribution in [-0.4, -0.2) is 21.2 Å². The highest BCUT2D eigenvalue weighted by Gasteiger charge is 2.43. The first-order valence-corrected chi connectivity index (χ1v) is 10.9. The number of amides is 2. The molecule has 1 fully saturated rings. The number of pyridine rings is 1. The third kappa shape index (κ3) is 4.32. The molecule has 6 nitrogen and oxygen atoms in total. The van der Waals surface area contributed by atoms with Crippen molar-refractivity contribution in [1.82, 2.24) is 14.7 Å². The van der Waals surface area contributed by atoms with E-state index in [4.69, 9.17) is 0 Å². The molecule has 0 unspecified atom stereocenters. The largest absolute Gasteiger partial charge is 0.346 e. The Morgan fingerprint density at radius 2 is 1.94 bits per heavy atom. The van der Waals surface area contributed by atoms with Crippen molar-refractivity contribution in [3.63, 3.8) is 0 Å². The van der Waals surface area contributed by atoms with Crippen LogP contribution in [0.2, 0.25) is 0 Å². The summed E-state index contributed by atoms with van der Waals surface area (Å²) in [5.41, 5.74) is 3.29. The average molecular weight is 429 g/mol. The molecule has 31 heavy (non-hydrogen) atoms. The SMILES string of the molecule is O=C(NCc1ccccn1)c1ccc([C@@H]2C[C@H]2C(=O)Nc2ccc3cnsc3c2)cc1. The zero-order valence-electron chi connectivity index (χ0n) is 16.6. The molecule has 2 aromatic heterocycles. The first-order valence-electron chi connectivity index (χ1n) is 10.1. The topological polar surface area (TPSA) is 84.0 Å². The first-order chi connectivity index (χ1) is 15.2. The Morgan fingerprint density at radius 1 is 1.06 bits per heavy atom.